The number of benzene rings is 1. The Morgan fingerprint density at radius 2 is 1.95 bits per heavy atom. The van der Waals surface area contributed by atoms with Crippen LogP contribution in [0.5, 0.6) is 0 Å². The fourth-order valence-corrected chi connectivity index (χ4v) is 2.31. The Kier molecular flexibility index (Phi) is 5.37. The molecule has 2 aromatic rings. The monoisotopic (exact) mass is 319 g/mol. The van der Waals surface area contributed by atoms with Crippen LogP contribution in [0.25, 0.3) is 0 Å². The molecule has 2 atom stereocenters. The van der Waals surface area contributed by atoms with Crippen molar-refractivity contribution in [3.63, 3.8) is 0 Å². The maximum Gasteiger partial charge on any atom is 0.137 e. The Morgan fingerprint density at radius 1 is 1.27 bits per heavy atom. The van der Waals surface area contributed by atoms with Crippen molar-refractivity contribution in [2.24, 2.45) is 5.41 Å². The number of hydrogen-bond acceptors (Lipinski definition) is 3. The van der Waals surface area contributed by atoms with Gasteiger partial charge in [-0.15, -0.1) is 0 Å². The Bertz CT molecular complexity index is 600. The van der Waals surface area contributed by atoms with Crippen molar-refractivity contribution in [3.05, 3.63) is 59.7 Å². The van der Waals surface area contributed by atoms with Crippen LogP contribution in [0, 0.1) is 5.41 Å². The first-order valence-corrected chi connectivity index (χ1v) is 7.69. The summed E-state index contributed by atoms with van der Waals surface area (Å²) in [5.74, 6) is 0. The average molecular weight is 320 g/mol. The first kappa shape index (κ1) is 16.7. The van der Waals surface area contributed by atoms with Crippen LogP contribution in [-0.2, 0) is 6.42 Å². The molecule has 0 aliphatic heterocycles. The van der Waals surface area contributed by atoms with Crippen LogP contribution >= 0.6 is 11.6 Å². The topological polar surface area (TPSA) is 50.9 Å². The molecule has 2 unspecified atom stereocenters. The van der Waals surface area contributed by atoms with Crippen LogP contribution in [0.2, 0.25) is 5.02 Å². The molecule has 0 radical (unpaired) electrons. The number of aromatic nitrogens is 3. The van der Waals surface area contributed by atoms with Gasteiger partial charge in [0.2, 0.25) is 0 Å². The third-order valence-corrected chi connectivity index (χ3v) is 3.80. The van der Waals surface area contributed by atoms with E-state index in [9.17, 15) is 5.11 Å². The van der Waals surface area contributed by atoms with Crippen LogP contribution in [0.3, 0.4) is 0 Å². The highest BCUT2D eigenvalue weighted by Crippen LogP contribution is 2.28. The summed E-state index contributed by atoms with van der Waals surface area (Å²) in [6, 6.07) is 7.51. The highest BCUT2D eigenvalue weighted by molar-refractivity contribution is 6.30. The molecule has 22 heavy (non-hydrogen) atoms. The summed E-state index contributed by atoms with van der Waals surface area (Å²) in [4.78, 5) is 3.98. The van der Waals surface area contributed by atoms with Gasteiger partial charge in [0.25, 0.3) is 0 Å². The largest absolute Gasteiger partial charge is 0.390 e. The number of hydrogen-bond donors (Lipinski definition) is 1. The zero-order chi connectivity index (χ0) is 16.2. The van der Waals surface area contributed by atoms with Crippen LogP contribution in [0.15, 0.2) is 49.1 Å². The molecule has 0 fully saturated rings. The van der Waals surface area contributed by atoms with Gasteiger partial charge in [-0.05, 0) is 29.5 Å². The molecule has 0 spiro atoms. The van der Waals surface area contributed by atoms with Crippen molar-refractivity contribution in [1.82, 2.24) is 14.8 Å². The van der Waals surface area contributed by atoms with E-state index < -0.39 is 6.10 Å². The molecule has 4 nitrogen and oxygen atoms in total. The SMILES string of the molecule is CC(C)(C)C(O)C(/C=C/Cc1ccc(Cl)cc1)n1cncn1. The fourth-order valence-electron chi connectivity index (χ4n) is 2.19. The second kappa shape index (κ2) is 7.07. The molecule has 1 aromatic heterocycles. The molecule has 0 aliphatic rings. The van der Waals surface area contributed by atoms with E-state index in [1.807, 2.05) is 57.2 Å². The molecule has 118 valence electrons. The van der Waals surface area contributed by atoms with Gasteiger partial charge in [0, 0.05) is 5.02 Å². The van der Waals surface area contributed by atoms with Gasteiger partial charge in [0.05, 0.1) is 12.1 Å². The highest BCUT2D eigenvalue weighted by Gasteiger charge is 2.30. The number of nitrogens with zero attached hydrogens (tertiary/aromatic N) is 3. The summed E-state index contributed by atoms with van der Waals surface area (Å²) in [6.07, 6.45) is 7.36. The van der Waals surface area contributed by atoms with E-state index in [1.54, 1.807) is 11.0 Å². The van der Waals surface area contributed by atoms with Crippen molar-refractivity contribution in [2.45, 2.75) is 39.3 Å². The zero-order valence-corrected chi connectivity index (χ0v) is 13.9. The lowest BCUT2D eigenvalue weighted by Gasteiger charge is -2.31. The number of aliphatic hydroxyl groups excluding tert-OH is 1. The summed E-state index contributed by atoms with van der Waals surface area (Å²) in [7, 11) is 0. The van der Waals surface area contributed by atoms with Crippen LogP contribution in [0.1, 0.15) is 32.4 Å². The minimum atomic E-state index is -0.560. The minimum Gasteiger partial charge on any atom is -0.390 e. The normalized spacial score (nSPS) is 15.1. The fraction of sp³-hybridized carbons (Fsp3) is 0.412. The average Bonchev–Trinajstić information content (AvgIpc) is 2.98. The molecule has 0 aliphatic carbocycles. The second-order valence-corrected chi connectivity index (χ2v) is 6.87. The molecule has 1 aromatic carbocycles. The van der Waals surface area contributed by atoms with Crippen molar-refractivity contribution in [2.75, 3.05) is 0 Å². The van der Waals surface area contributed by atoms with Gasteiger partial charge in [0.15, 0.2) is 0 Å². The summed E-state index contributed by atoms with van der Waals surface area (Å²) in [5.41, 5.74) is 0.921. The van der Waals surface area contributed by atoms with Crippen molar-refractivity contribution >= 4 is 11.6 Å². The lowest BCUT2D eigenvalue weighted by molar-refractivity contribution is 0.0284. The van der Waals surface area contributed by atoms with Crippen molar-refractivity contribution in [1.29, 1.82) is 0 Å². The predicted octanol–water partition coefficient (Wildman–Crippen LogP) is 3.68. The summed E-state index contributed by atoms with van der Waals surface area (Å²) in [5, 5.41) is 15.5. The molecule has 0 saturated carbocycles. The van der Waals surface area contributed by atoms with Gasteiger partial charge in [-0.25, -0.2) is 9.67 Å². The Balaban J connectivity index is 2.13. The lowest BCUT2D eigenvalue weighted by atomic mass is 9.84. The summed E-state index contributed by atoms with van der Waals surface area (Å²) in [6.45, 7) is 6.03. The molecular weight excluding hydrogens is 298 g/mol. The summed E-state index contributed by atoms with van der Waals surface area (Å²) >= 11 is 5.89. The predicted molar refractivity (Wildman–Crippen MR) is 88.8 cm³/mol. The van der Waals surface area contributed by atoms with E-state index in [4.69, 9.17) is 11.6 Å². The number of halogens is 1. The van der Waals surface area contributed by atoms with Crippen LogP contribution in [-0.4, -0.2) is 26.0 Å². The number of aliphatic hydroxyl groups is 1. The first-order valence-electron chi connectivity index (χ1n) is 7.31. The van der Waals surface area contributed by atoms with E-state index in [-0.39, 0.29) is 11.5 Å². The van der Waals surface area contributed by atoms with Gasteiger partial charge in [0.1, 0.15) is 12.7 Å². The minimum absolute atomic E-state index is 0.241. The number of rotatable bonds is 5. The van der Waals surface area contributed by atoms with Crippen LogP contribution < -0.4 is 0 Å². The molecule has 0 bridgehead atoms. The standard InChI is InChI=1S/C17H22ClN3O/c1-17(2,3)16(22)15(21-12-19-11-20-21)6-4-5-13-7-9-14(18)10-8-13/h4,6-12,15-16,22H,5H2,1-3H3/b6-4+. The van der Waals surface area contributed by atoms with Crippen LogP contribution in [0.4, 0.5) is 0 Å². The maximum atomic E-state index is 10.6. The summed E-state index contributed by atoms with van der Waals surface area (Å²) < 4.78 is 1.69. The van der Waals surface area contributed by atoms with Crippen molar-refractivity contribution in [3.8, 4) is 0 Å². The Morgan fingerprint density at radius 3 is 2.50 bits per heavy atom. The van der Waals surface area contributed by atoms with E-state index in [0.29, 0.717) is 0 Å². The van der Waals surface area contributed by atoms with Crippen molar-refractivity contribution < 1.29 is 5.11 Å². The maximum absolute atomic E-state index is 10.6. The molecular formula is C17H22ClN3O. The third kappa shape index (κ3) is 4.42. The van der Waals surface area contributed by atoms with Gasteiger partial charge in [-0.3, -0.25) is 0 Å². The van der Waals surface area contributed by atoms with E-state index in [0.717, 1.165) is 11.4 Å². The molecule has 2 rings (SSSR count). The van der Waals surface area contributed by atoms with Gasteiger partial charge in [-0.1, -0.05) is 56.7 Å². The van der Waals surface area contributed by atoms with E-state index >= 15 is 0 Å². The van der Waals surface area contributed by atoms with Gasteiger partial charge in [-0.2, -0.15) is 5.10 Å². The molecule has 5 heteroatoms. The van der Waals surface area contributed by atoms with E-state index in [1.165, 1.54) is 11.9 Å². The highest BCUT2D eigenvalue weighted by atomic mass is 35.5. The smallest absolute Gasteiger partial charge is 0.137 e. The second-order valence-electron chi connectivity index (χ2n) is 6.44. The Hall–Kier alpha value is -1.65. The molecule has 1 N–H and O–H groups in total. The molecule has 0 saturated heterocycles. The Labute approximate surface area is 136 Å². The molecule has 1 heterocycles. The number of allylic oxidation sites excluding steroid dienone is 1. The third-order valence-electron chi connectivity index (χ3n) is 3.55. The van der Waals surface area contributed by atoms with Gasteiger partial charge >= 0.3 is 0 Å². The zero-order valence-electron chi connectivity index (χ0n) is 13.1. The quantitative estimate of drug-likeness (QED) is 0.855. The van der Waals surface area contributed by atoms with Gasteiger partial charge < -0.3 is 5.11 Å². The molecule has 0 amide bonds. The lowest BCUT2D eigenvalue weighted by Crippen LogP contribution is -2.34. The van der Waals surface area contributed by atoms with E-state index in [2.05, 4.69) is 10.1 Å². The first-order chi connectivity index (χ1) is 10.4.